The van der Waals surface area contributed by atoms with Crippen LogP contribution < -0.4 is 9.62 Å². The summed E-state index contributed by atoms with van der Waals surface area (Å²) in [4.78, 5) is 27.3. The van der Waals surface area contributed by atoms with Crippen LogP contribution in [0.2, 0.25) is 15.1 Å². The Kier molecular flexibility index (Phi) is 11.1. The number of carbonyl (C=O) groups excluding carboxylic acids is 2. The third kappa shape index (κ3) is 8.86. The molecule has 2 aromatic rings. The number of rotatable bonds is 12. The van der Waals surface area contributed by atoms with Crippen molar-refractivity contribution in [1.82, 2.24) is 10.2 Å². The van der Waals surface area contributed by atoms with Crippen molar-refractivity contribution in [3.05, 3.63) is 63.1 Å². The van der Waals surface area contributed by atoms with Crippen LogP contribution in [0, 0.1) is 0 Å². The quantitative estimate of drug-likeness (QED) is 0.388. The first-order valence-corrected chi connectivity index (χ1v) is 14.2. The Bertz CT molecular complexity index is 1130. The lowest BCUT2D eigenvalue weighted by Gasteiger charge is -2.29. The molecule has 35 heavy (non-hydrogen) atoms. The van der Waals surface area contributed by atoms with Crippen LogP contribution in [0.1, 0.15) is 38.7 Å². The van der Waals surface area contributed by atoms with Crippen LogP contribution in [0.4, 0.5) is 5.69 Å². The minimum Gasteiger partial charge on any atom is -0.354 e. The normalized spacial score (nSPS) is 12.2. The standard InChI is InChI=1S/C24H30Cl3N3O4S/c1-4-13-28-24(32)17(2)29(16-18-7-9-19(25)10-8-18)23(31)6-5-14-30(35(3,33)34)22-15-20(26)11-12-21(22)27/h7-12,15,17H,4-6,13-14,16H2,1-3H3,(H,28,32). The lowest BCUT2D eigenvalue weighted by molar-refractivity contribution is -0.140. The average molecular weight is 563 g/mol. The molecule has 0 fully saturated rings. The largest absolute Gasteiger partial charge is 0.354 e. The number of anilines is 1. The van der Waals surface area contributed by atoms with Gasteiger partial charge in [0.2, 0.25) is 21.8 Å². The van der Waals surface area contributed by atoms with E-state index in [1.165, 1.54) is 17.0 Å². The zero-order chi connectivity index (χ0) is 26.2. The molecule has 0 aromatic heterocycles. The van der Waals surface area contributed by atoms with Crippen molar-refractivity contribution < 1.29 is 18.0 Å². The lowest BCUT2D eigenvalue weighted by atomic mass is 10.1. The first kappa shape index (κ1) is 29.2. The molecule has 1 N–H and O–H groups in total. The predicted octanol–water partition coefficient (Wildman–Crippen LogP) is 5.14. The second kappa shape index (κ2) is 13.3. The van der Waals surface area contributed by atoms with Crippen molar-refractivity contribution >= 4 is 62.3 Å². The van der Waals surface area contributed by atoms with E-state index in [0.29, 0.717) is 16.6 Å². The van der Waals surface area contributed by atoms with E-state index >= 15 is 0 Å². The summed E-state index contributed by atoms with van der Waals surface area (Å²) in [5.41, 5.74) is 1.07. The Morgan fingerprint density at radius 2 is 1.66 bits per heavy atom. The Labute approximate surface area is 222 Å². The molecule has 192 valence electrons. The van der Waals surface area contributed by atoms with Gasteiger partial charge in [0, 0.05) is 36.1 Å². The highest BCUT2D eigenvalue weighted by atomic mass is 35.5. The van der Waals surface area contributed by atoms with Gasteiger partial charge in [-0.05, 0) is 55.7 Å². The van der Waals surface area contributed by atoms with Crippen LogP contribution in [0.15, 0.2) is 42.5 Å². The molecule has 2 rings (SSSR count). The number of benzene rings is 2. The van der Waals surface area contributed by atoms with Gasteiger partial charge in [-0.15, -0.1) is 0 Å². The number of hydrogen-bond acceptors (Lipinski definition) is 4. The second-order valence-electron chi connectivity index (χ2n) is 8.15. The summed E-state index contributed by atoms with van der Waals surface area (Å²) in [6.07, 6.45) is 2.09. The van der Waals surface area contributed by atoms with Gasteiger partial charge < -0.3 is 10.2 Å². The molecular formula is C24H30Cl3N3O4S. The van der Waals surface area contributed by atoms with Gasteiger partial charge in [0.1, 0.15) is 6.04 Å². The highest BCUT2D eigenvalue weighted by molar-refractivity contribution is 7.92. The average Bonchev–Trinajstić information content (AvgIpc) is 2.80. The molecule has 0 aliphatic rings. The van der Waals surface area contributed by atoms with Crippen LogP contribution in [0.3, 0.4) is 0 Å². The van der Waals surface area contributed by atoms with Gasteiger partial charge in [-0.3, -0.25) is 13.9 Å². The smallest absolute Gasteiger partial charge is 0.242 e. The van der Waals surface area contributed by atoms with Gasteiger partial charge in [0.05, 0.1) is 17.0 Å². The summed E-state index contributed by atoms with van der Waals surface area (Å²) in [5.74, 6) is -0.526. The summed E-state index contributed by atoms with van der Waals surface area (Å²) in [6, 6.07) is 10.9. The van der Waals surface area contributed by atoms with Crippen LogP contribution in [0.25, 0.3) is 0 Å². The van der Waals surface area contributed by atoms with E-state index in [2.05, 4.69) is 5.32 Å². The molecule has 7 nitrogen and oxygen atoms in total. The lowest BCUT2D eigenvalue weighted by Crippen LogP contribution is -2.47. The van der Waals surface area contributed by atoms with Crippen molar-refractivity contribution in [1.29, 1.82) is 0 Å². The Morgan fingerprint density at radius 1 is 1.03 bits per heavy atom. The molecule has 0 radical (unpaired) electrons. The van der Waals surface area contributed by atoms with E-state index in [9.17, 15) is 18.0 Å². The molecule has 2 aromatic carbocycles. The number of amides is 2. The highest BCUT2D eigenvalue weighted by Crippen LogP contribution is 2.31. The van der Waals surface area contributed by atoms with Gasteiger partial charge in [-0.25, -0.2) is 8.42 Å². The minimum atomic E-state index is -3.68. The molecule has 1 atom stereocenters. The van der Waals surface area contributed by atoms with E-state index in [4.69, 9.17) is 34.8 Å². The SMILES string of the molecule is CCCNC(=O)C(C)N(Cc1ccc(Cl)cc1)C(=O)CCCN(c1cc(Cl)ccc1Cl)S(C)(=O)=O. The zero-order valence-electron chi connectivity index (χ0n) is 19.9. The molecule has 0 saturated heterocycles. The van der Waals surface area contributed by atoms with Gasteiger partial charge in [0.25, 0.3) is 0 Å². The van der Waals surface area contributed by atoms with Crippen LogP contribution in [-0.4, -0.2) is 50.5 Å². The van der Waals surface area contributed by atoms with Crippen molar-refractivity contribution in [2.24, 2.45) is 0 Å². The molecule has 11 heteroatoms. The van der Waals surface area contributed by atoms with E-state index in [1.54, 1.807) is 37.3 Å². The van der Waals surface area contributed by atoms with Crippen LogP contribution in [-0.2, 0) is 26.2 Å². The Hall–Kier alpha value is -2.00. The van der Waals surface area contributed by atoms with Crippen LogP contribution >= 0.6 is 34.8 Å². The third-order valence-corrected chi connectivity index (χ3v) is 7.30. The summed E-state index contributed by atoms with van der Waals surface area (Å²) in [5, 5.41) is 3.97. The number of sulfonamides is 1. The molecular weight excluding hydrogens is 533 g/mol. The predicted molar refractivity (Wildman–Crippen MR) is 143 cm³/mol. The fourth-order valence-corrected chi connectivity index (χ4v) is 4.96. The monoisotopic (exact) mass is 561 g/mol. The Morgan fingerprint density at radius 3 is 2.26 bits per heavy atom. The molecule has 0 spiro atoms. The number of nitrogens with zero attached hydrogens (tertiary/aromatic N) is 2. The van der Waals surface area contributed by atoms with Crippen LogP contribution in [0.5, 0.6) is 0 Å². The van der Waals surface area contributed by atoms with Gasteiger partial charge in [-0.2, -0.15) is 0 Å². The first-order valence-electron chi connectivity index (χ1n) is 11.2. The summed E-state index contributed by atoms with van der Waals surface area (Å²) in [7, 11) is -3.68. The topological polar surface area (TPSA) is 86.8 Å². The molecule has 2 amide bonds. The first-order chi connectivity index (χ1) is 16.4. The van der Waals surface area contributed by atoms with Gasteiger partial charge in [0.15, 0.2) is 0 Å². The molecule has 0 aliphatic carbocycles. The minimum absolute atomic E-state index is 0.0236. The van der Waals surface area contributed by atoms with Crippen molar-refractivity contribution in [2.45, 2.75) is 45.7 Å². The van der Waals surface area contributed by atoms with Gasteiger partial charge >= 0.3 is 0 Å². The Balaban J connectivity index is 2.18. The number of carbonyl (C=O) groups is 2. The molecule has 0 bridgehead atoms. The zero-order valence-corrected chi connectivity index (χ0v) is 23.0. The van der Waals surface area contributed by atoms with Gasteiger partial charge in [-0.1, -0.05) is 53.9 Å². The van der Waals surface area contributed by atoms with Crippen molar-refractivity contribution in [3.63, 3.8) is 0 Å². The van der Waals surface area contributed by atoms with E-state index in [-0.39, 0.29) is 48.5 Å². The second-order valence-corrected chi connectivity index (χ2v) is 11.3. The maximum atomic E-state index is 13.2. The number of halogens is 3. The number of nitrogens with one attached hydrogen (secondary N) is 1. The van der Waals surface area contributed by atoms with E-state index < -0.39 is 16.1 Å². The molecule has 0 aliphatic heterocycles. The fourth-order valence-electron chi connectivity index (χ4n) is 3.42. The van der Waals surface area contributed by atoms with Crippen molar-refractivity contribution in [2.75, 3.05) is 23.7 Å². The number of hydrogen-bond donors (Lipinski definition) is 1. The summed E-state index contributed by atoms with van der Waals surface area (Å²) >= 11 is 18.2. The highest BCUT2D eigenvalue weighted by Gasteiger charge is 2.27. The molecule has 0 heterocycles. The fraction of sp³-hybridized carbons (Fsp3) is 0.417. The molecule has 1 unspecified atom stereocenters. The molecule has 0 saturated carbocycles. The van der Waals surface area contributed by atoms with E-state index in [0.717, 1.165) is 22.5 Å². The summed E-state index contributed by atoms with van der Waals surface area (Å²) < 4.78 is 26.0. The van der Waals surface area contributed by atoms with Crippen molar-refractivity contribution in [3.8, 4) is 0 Å². The summed E-state index contributed by atoms with van der Waals surface area (Å²) in [6.45, 7) is 4.37. The maximum absolute atomic E-state index is 13.2. The third-order valence-electron chi connectivity index (χ3n) is 5.31. The maximum Gasteiger partial charge on any atom is 0.242 e. The van der Waals surface area contributed by atoms with E-state index in [1.807, 2.05) is 6.92 Å².